The van der Waals surface area contributed by atoms with Crippen molar-refractivity contribution in [3.63, 3.8) is 0 Å². The maximum Gasteiger partial charge on any atom is 0.226 e. The summed E-state index contributed by atoms with van der Waals surface area (Å²) >= 11 is 17.7. The number of nitrogens with two attached hydrogens (primary N) is 2. The lowest BCUT2D eigenvalue weighted by atomic mass is 10.2. The average molecular weight is 403 g/mol. The van der Waals surface area contributed by atoms with Crippen molar-refractivity contribution in [2.24, 2.45) is 21.5 Å². The Morgan fingerprint density at radius 3 is 2.35 bits per heavy atom. The van der Waals surface area contributed by atoms with E-state index in [0.29, 0.717) is 20.8 Å². The van der Waals surface area contributed by atoms with Crippen molar-refractivity contribution < 1.29 is 9.57 Å². The maximum absolute atomic E-state index is 6.00. The summed E-state index contributed by atoms with van der Waals surface area (Å²) < 4.78 is 5.41. The summed E-state index contributed by atoms with van der Waals surface area (Å²) in [6.07, 6.45) is 0. The predicted octanol–water partition coefficient (Wildman–Crippen LogP) is 3.02. The van der Waals surface area contributed by atoms with Crippen LogP contribution in [0.5, 0.6) is 5.75 Å². The number of nitrogens with zero attached hydrogens (tertiary/aromatic N) is 3. The van der Waals surface area contributed by atoms with Crippen molar-refractivity contribution in [2.75, 3.05) is 6.79 Å². The van der Waals surface area contributed by atoms with Gasteiger partial charge in [-0.1, -0.05) is 34.8 Å². The molecule has 0 bridgehead atoms. The summed E-state index contributed by atoms with van der Waals surface area (Å²) in [7, 11) is 0. The molecule has 7 nitrogen and oxygen atoms in total. The number of rotatable bonds is 4. The first-order valence-electron chi connectivity index (χ1n) is 6.10. The van der Waals surface area contributed by atoms with Gasteiger partial charge in [-0.05, 0) is 19.9 Å². The molecule has 0 saturated carbocycles. The lowest BCUT2D eigenvalue weighted by Crippen LogP contribution is -2.54. The molecule has 0 unspecified atom stereocenters. The zero-order chi connectivity index (χ0) is 16.5. The van der Waals surface area contributed by atoms with Gasteiger partial charge in [0.2, 0.25) is 18.7 Å². The van der Waals surface area contributed by atoms with Gasteiger partial charge in [-0.3, -0.25) is 0 Å². The summed E-state index contributed by atoms with van der Waals surface area (Å²) in [6.45, 7) is 3.33. The van der Waals surface area contributed by atoms with Crippen LogP contribution in [0.4, 0.5) is 0 Å². The van der Waals surface area contributed by atoms with Gasteiger partial charge in [-0.15, -0.1) is 12.4 Å². The van der Waals surface area contributed by atoms with Crippen molar-refractivity contribution in [3.05, 3.63) is 27.2 Å². The molecule has 1 aliphatic rings. The molecular formula is C12H15Cl4N5O2. The third kappa shape index (κ3) is 4.68. The molecule has 11 heteroatoms. The molecule has 0 aromatic heterocycles. The molecule has 1 heterocycles. The molecule has 4 N–H and O–H groups in total. The smallest absolute Gasteiger partial charge is 0.226 e. The largest absolute Gasteiger partial charge is 0.464 e. The van der Waals surface area contributed by atoms with E-state index in [-0.39, 0.29) is 31.1 Å². The minimum absolute atomic E-state index is 0. The molecule has 0 aliphatic carbocycles. The van der Waals surface area contributed by atoms with Crippen molar-refractivity contribution >= 4 is 59.1 Å². The van der Waals surface area contributed by atoms with Gasteiger partial charge in [-0.2, -0.15) is 10.1 Å². The number of hydroxylamine groups is 2. The van der Waals surface area contributed by atoms with Gasteiger partial charge in [0.1, 0.15) is 5.75 Å². The van der Waals surface area contributed by atoms with Gasteiger partial charge in [0, 0.05) is 6.07 Å². The third-order valence-electron chi connectivity index (χ3n) is 2.69. The fourth-order valence-electron chi connectivity index (χ4n) is 1.78. The van der Waals surface area contributed by atoms with Crippen LogP contribution in [0.2, 0.25) is 15.1 Å². The Morgan fingerprint density at radius 2 is 1.74 bits per heavy atom. The minimum Gasteiger partial charge on any atom is -0.464 e. The lowest BCUT2D eigenvalue weighted by molar-refractivity contribution is -0.198. The van der Waals surface area contributed by atoms with Crippen LogP contribution in [0.25, 0.3) is 0 Å². The first kappa shape index (κ1) is 19.9. The van der Waals surface area contributed by atoms with E-state index in [1.54, 1.807) is 13.8 Å². The zero-order valence-corrected chi connectivity index (χ0v) is 15.3. The van der Waals surface area contributed by atoms with E-state index in [1.165, 1.54) is 17.2 Å². The Labute approximate surface area is 154 Å². The maximum atomic E-state index is 6.00. The van der Waals surface area contributed by atoms with E-state index in [9.17, 15) is 0 Å². The molecule has 1 aromatic rings. The number of hydrogen-bond donors (Lipinski definition) is 2. The third-order valence-corrected chi connectivity index (χ3v) is 3.71. The fourth-order valence-corrected chi connectivity index (χ4v) is 2.37. The number of benzene rings is 1. The van der Waals surface area contributed by atoms with Gasteiger partial charge in [-0.25, -0.2) is 9.83 Å². The van der Waals surface area contributed by atoms with E-state index in [0.717, 1.165) is 0 Å². The zero-order valence-electron chi connectivity index (χ0n) is 12.2. The van der Waals surface area contributed by atoms with Crippen LogP contribution in [0.15, 0.2) is 22.1 Å². The molecule has 23 heavy (non-hydrogen) atoms. The summed E-state index contributed by atoms with van der Waals surface area (Å²) in [5, 5.41) is 2.24. The first-order chi connectivity index (χ1) is 10.2. The topological polar surface area (TPSA) is 98.5 Å². The number of aliphatic imine (C=N–C) groups is 2. The van der Waals surface area contributed by atoms with Gasteiger partial charge < -0.3 is 16.2 Å². The minimum atomic E-state index is -0.819. The summed E-state index contributed by atoms with van der Waals surface area (Å²) in [4.78, 5) is 13.4. The quantitative estimate of drug-likeness (QED) is 0.595. The monoisotopic (exact) mass is 401 g/mol. The normalized spacial score (nSPS) is 16.3. The van der Waals surface area contributed by atoms with Crippen LogP contribution < -0.4 is 16.2 Å². The van der Waals surface area contributed by atoms with Crippen molar-refractivity contribution in [1.82, 2.24) is 5.06 Å². The van der Waals surface area contributed by atoms with Crippen LogP contribution in [-0.2, 0) is 4.84 Å². The van der Waals surface area contributed by atoms with E-state index in [1.807, 2.05) is 0 Å². The van der Waals surface area contributed by atoms with Crippen LogP contribution in [0.3, 0.4) is 0 Å². The second-order valence-electron chi connectivity index (χ2n) is 4.82. The van der Waals surface area contributed by atoms with Gasteiger partial charge in [0.25, 0.3) is 0 Å². The molecule has 0 atom stereocenters. The Hall–Kier alpha value is -1.12. The Bertz CT molecular complexity index is 651. The van der Waals surface area contributed by atoms with Gasteiger partial charge in [0.05, 0.1) is 15.1 Å². The Balaban J connectivity index is 0.00000264. The van der Waals surface area contributed by atoms with E-state index >= 15 is 0 Å². The number of ether oxygens (including phenoxy) is 1. The number of guanidine groups is 2. The molecule has 2 rings (SSSR count). The average Bonchev–Trinajstić information content (AvgIpc) is 2.37. The summed E-state index contributed by atoms with van der Waals surface area (Å²) in [6, 6.07) is 2.97. The van der Waals surface area contributed by atoms with E-state index in [2.05, 4.69) is 9.98 Å². The highest BCUT2D eigenvalue weighted by Gasteiger charge is 2.33. The van der Waals surface area contributed by atoms with E-state index in [4.69, 9.17) is 55.8 Å². The molecule has 0 amide bonds. The van der Waals surface area contributed by atoms with Crippen molar-refractivity contribution in [1.29, 1.82) is 0 Å². The molecule has 0 radical (unpaired) electrons. The first-order valence-corrected chi connectivity index (χ1v) is 7.24. The van der Waals surface area contributed by atoms with Crippen LogP contribution in [-0.4, -0.2) is 29.4 Å². The SMILES string of the molecule is CC1(C)N=C(N)N=C(N)N1OCOc1cc(Cl)c(Cl)cc1Cl.Cl. The molecule has 0 fully saturated rings. The Kier molecular flexibility index (Phi) is 6.61. The highest BCUT2D eigenvalue weighted by molar-refractivity contribution is 6.43. The van der Waals surface area contributed by atoms with Gasteiger partial charge >= 0.3 is 0 Å². The number of halogens is 4. The van der Waals surface area contributed by atoms with Crippen molar-refractivity contribution in [3.8, 4) is 5.75 Å². The van der Waals surface area contributed by atoms with E-state index < -0.39 is 5.66 Å². The highest BCUT2D eigenvalue weighted by atomic mass is 35.5. The molecule has 1 aromatic carbocycles. The fraction of sp³-hybridized carbons (Fsp3) is 0.333. The van der Waals surface area contributed by atoms with Gasteiger partial charge in [0.15, 0.2) is 5.66 Å². The van der Waals surface area contributed by atoms with Crippen LogP contribution in [0.1, 0.15) is 13.8 Å². The highest BCUT2D eigenvalue weighted by Crippen LogP contribution is 2.34. The van der Waals surface area contributed by atoms with Crippen LogP contribution >= 0.6 is 47.2 Å². The van der Waals surface area contributed by atoms with Crippen LogP contribution in [0, 0.1) is 0 Å². The standard InChI is InChI=1S/C12H14Cl3N5O2.ClH/c1-12(2)19-10(16)18-11(17)20(12)22-5-21-9-4-7(14)6(13)3-8(9)15;/h3-4H,5H2,1-2H3,(H4,16,17,18,19);1H. The molecule has 0 saturated heterocycles. The molecule has 0 spiro atoms. The van der Waals surface area contributed by atoms with Crippen molar-refractivity contribution in [2.45, 2.75) is 19.5 Å². The second-order valence-corrected chi connectivity index (χ2v) is 6.04. The molecule has 1 aliphatic heterocycles. The predicted molar refractivity (Wildman–Crippen MR) is 94.5 cm³/mol. The number of hydrogen-bond acceptors (Lipinski definition) is 7. The lowest BCUT2D eigenvalue weighted by Gasteiger charge is -2.36. The molecular weight excluding hydrogens is 388 g/mol. The Morgan fingerprint density at radius 1 is 1.13 bits per heavy atom. The molecule has 128 valence electrons. The second kappa shape index (κ2) is 7.63. The summed E-state index contributed by atoms with van der Waals surface area (Å²) in [5.74, 6) is 0.474. The summed E-state index contributed by atoms with van der Waals surface area (Å²) in [5.41, 5.74) is 10.5.